The summed E-state index contributed by atoms with van der Waals surface area (Å²) >= 11 is 0. The maximum Gasteiger partial charge on any atom is 0.254 e. The van der Waals surface area contributed by atoms with Crippen LogP contribution in [-0.4, -0.2) is 49.2 Å². The van der Waals surface area contributed by atoms with Gasteiger partial charge in [0.2, 0.25) is 0 Å². The smallest absolute Gasteiger partial charge is 0.254 e. The third-order valence-electron chi connectivity index (χ3n) is 5.06. The van der Waals surface area contributed by atoms with E-state index in [0.29, 0.717) is 36.6 Å². The highest BCUT2D eigenvalue weighted by Crippen LogP contribution is 2.30. The zero-order valence-corrected chi connectivity index (χ0v) is 15.4. The molecule has 2 atom stereocenters. The maximum atomic E-state index is 13.0. The van der Waals surface area contributed by atoms with Crippen LogP contribution in [0, 0.1) is 0 Å². The average Bonchev–Trinajstić information content (AvgIpc) is 2.95. The van der Waals surface area contributed by atoms with Crippen LogP contribution < -0.4 is 14.8 Å². The molecule has 25 heavy (non-hydrogen) atoms. The van der Waals surface area contributed by atoms with Crippen LogP contribution in [0.2, 0.25) is 0 Å². The Morgan fingerprint density at radius 2 is 2.00 bits per heavy atom. The van der Waals surface area contributed by atoms with E-state index in [4.69, 9.17) is 9.47 Å². The predicted molar refractivity (Wildman–Crippen MR) is 98.5 cm³/mol. The fraction of sp³-hybridized carbons (Fsp3) is 0.650. The molecular formula is C20H30N2O3. The molecule has 3 rings (SSSR count). The summed E-state index contributed by atoms with van der Waals surface area (Å²) in [6, 6.07) is 6.60. The second-order valence-corrected chi connectivity index (χ2v) is 6.97. The number of hydrogen-bond acceptors (Lipinski definition) is 4. The number of nitrogens with zero attached hydrogens (tertiary/aromatic N) is 1. The number of nitrogens with one attached hydrogen (secondary N) is 1. The topological polar surface area (TPSA) is 50.8 Å². The Morgan fingerprint density at radius 1 is 1.16 bits per heavy atom. The minimum Gasteiger partial charge on any atom is -0.490 e. The highest BCUT2D eigenvalue weighted by Gasteiger charge is 2.31. The summed E-state index contributed by atoms with van der Waals surface area (Å²) in [5, 5.41) is 3.62. The predicted octanol–water partition coefficient (Wildman–Crippen LogP) is 3.23. The molecule has 2 bridgehead atoms. The first-order valence-corrected chi connectivity index (χ1v) is 9.66. The number of benzene rings is 1. The summed E-state index contributed by atoms with van der Waals surface area (Å²) in [5.74, 6) is 1.48. The number of fused-ring (bicyclic) bond motifs is 2. The second kappa shape index (κ2) is 8.56. The van der Waals surface area contributed by atoms with Crippen molar-refractivity contribution in [3.05, 3.63) is 23.8 Å². The number of hydrogen-bond donors (Lipinski definition) is 1. The van der Waals surface area contributed by atoms with Gasteiger partial charge in [0.1, 0.15) is 0 Å². The highest BCUT2D eigenvalue weighted by atomic mass is 16.5. The molecule has 5 nitrogen and oxygen atoms in total. The van der Waals surface area contributed by atoms with Crippen LogP contribution in [0.15, 0.2) is 18.2 Å². The van der Waals surface area contributed by atoms with Crippen LogP contribution in [0.4, 0.5) is 0 Å². The molecule has 1 N–H and O–H groups in total. The lowest BCUT2D eigenvalue weighted by Crippen LogP contribution is -2.39. The van der Waals surface area contributed by atoms with E-state index in [1.165, 1.54) is 12.8 Å². The number of ether oxygens (including phenoxy) is 2. The van der Waals surface area contributed by atoms with Crippen LogP contribution in [0.1, 0.15) is 56.3 Å². The van der Waals surface area contributed by atoms with Gasteiger partial charge in [-0.1, -0.05) is 13.3 Å². The van der Waals surface area contributed by atoms with Gasteiger partial charge in [0, 0.05) is 30.7 Å². The molecular weight excluding hydrogens is 316 g/mol. The summed E-state index contributed by atoms with van der Waals surface area (Å²) in [6.07, 6.45) is 5.55. The van der Waals surface area contributed by atoms with Crippen molar-refractivity contribution in [1.29, 1.82) is 0 Å². The van der Waals surface area contributed by atoms with Crippen LogP contribution in [0.25, 0.3) is 0 Å². The van der Waals surface area contributed by atoms with Gasteiger partial charge in [-0.25, -0.2) is 0 Å². The summed E-state index contributed by atoms with van der Waals surface area (Å²) in [6.45, 7) is 6.93. The number of rotatable bonds is 7. The van der Waals surface area contributed by atoms with Crippen LogP contribution in [0.5, 0.6) is 11.5 Å². The fourth-order valence-electron chi connectivity index (χ4n) is 3.67. The maximum absolute atomic E-state index is 13.0. The first-order valence-electron chi connectivity index (χ1n) is 9.66. The molecule has 138 valence electrons. The molecule has 0 radical (unpaired) electrons. The minimum atomic E-state index is 0.0930. The van der Waals surface area contributed by atoms with E-state index >= 15 is 0 Å². The fourth-order valence-corrected chi connectivity index (χ4v) is 3.67. The van der Waals surface area contributed by atoms with Crippen molar-refractivity contribution in [3.8, 4) is 11.5 Å². The Balaban J connectivity index is 1.72. The number of likely N-dealkylation sites (tertiary alicyclic amines) is 1. The molecule has 0 aliphatic carbocycles. The third kappa shape index (κ3) is 4.46. The molecule has 2 unspecified atom stereocenters. The largest absolute Gasteiger partial charge is 0.490 e. The molecule has 1 aromatic carbocycles. The van der Waals surface area contributed by atoms with E-state index < -0.39 is 0 Å². The van der Waals surface area contributed by atoms with Gasteiger partial charge < -0.3 is 19.7 Å². The third-order valence-corrected chi connectivity index (χ3v) is 5.06. The number of unbranched alkanes of at least 4 members (excludes halogenated alkanes) is 1. The number of carbonyl (C=O) groups excluding carboxylic acids is 1. The molecule has 2 aliphatic rings. The first-order chi connectivity index (χ1) is 12.2. The van der Waals surface area contributed by atoms with E-state index in [9.17, 15) is 4.79 Å². The summed E-state index contributed by atoms with van der Waals surface area (Å²) in [4.78, 5) is 14.9. The summed E-state index contributed by atoms with van der Waals surface area (Å²) < 4.78 is 11.5. The zero-order chi connectivity index (χ0) is 17.6. The quantitative estimate of drug-likeness (QED) is 0.770. The number of carbonyl (C=O) groups is 1. The average molecular weight is 346 g/mol. The second-order valence-electron chi connectivity index (χ2n) is 6.97. The van der Waals surface area contributed by atoms with Crippen molar-refractivity contribution in [2.24, 2.45) is 0 Å². The van der Waals surface area contributed by atoms with Crippen LogP contribution in [0.3, 0.4) is 0 Å². The Hall–Kier alpha value is -1.75. The lowest BCUT2D eigenvalue weighted by atomic mass is 10.1. The standard InChI is InChI=1S/C20H30N2O3/c1-3-5-12-25-18-9-6-15(13-19(18)24-4-2)20(23)22-11-10-16-7-8-17(14-22)21-16/h6,9,13,16-17,21H,3-5,7-8,10-12,14H2,1-2H3. The molecule has 2 heterocycles. The Labute approximate surface area is 150 Å². The Kier molecular flexibility index (Phi) is 6.19. The van der Waals surface area contributed by atoms with Crippen LogP contribution in [-0.2, 0) is 0 Å². The van der Waals surface area contributed by atoms with Crippen LogP contribution >= 0.6 is 0 Å². The van der Waals surface area contributed by atoms with Gasteiger partial charge >= 0.3 is 0 Å². The normalized spacial score (nSPS) is 22.6. The molecule has 0 saturated carbocycles. The molecule has 0 aromatic heterocycles. The number of amides is 1. The van der Waals surface area contributed by atoms with E-state index in [2.05, 4.69) is 12.2 Å². The van der Waals surface area contributed by atoms with Gasteiger partial charge in [0.25, 0.3) is 5.91 Å². The van der Waals surface area contributed by atoms with E-state index in [1.54, 1.807) is 0 Å². The van der Waals surface area contributed by atoms with Crippen molar-refractivity contribution in [2.45, 2.75) is 58.0 Å². The highest BCUT2D eigenvalue weighted by molar-refractivity contribution is 5.95. The lowest BCUT2D eigenvalue weighted by molar-refractivity contribution is 0.0747. The Morgan fingerprint density at radius 3 is 2.80 bits per heavy atom. The molecule has 1 aromatic rings. The molecule has 2 aliphatic heterocycles. The van der Waals surface area contributed by atoms with Gasteiger partial charge in [0.05, 0.1) is 13.2 Å². The van der Waals surface area contributed by atoms with E-state index in [1.807, 2.05) is 30.0 Å². The van der Waals surface area contributed by atoms with E-state index in [-0.39, 0.29) is 5.91 Å². The van der Waals surface area contributed by atoms with Gasteiger partial charge in [-0.3, -0.25) is 4.79 Å². The van der Waals surface area contributed by atoms with Crippen molar-refractivity contribution < 1.29 is 14.3 Å². The monoisotopic (exact) mass is 346 g/mol. The van der Waals surface area contributed by atoms with Crippen molar-refractivity contribution >= 4 is 5.91 Å². The van der Waals surface area contributed by atoms with Gasteiger partial charge in [-0.05, 0) is 50.8 Å². The molecule has 2 saturated heterocycles. The molecule has 5 heteroatoms. The SMILES string of the molecule is CCCCOc1ccc(C(=O)N2CCC3CCC(C2)N3)cc1OCC. The van der Waals surface area contributed by atoms with Gasteiger partial charge in [0.15, 0.2) is 11.5 Å². The summed E-state index contributed by atoms with van der Waals surface area (Å²) in [5.41, 5.74) is 0.684. The zero-order valence-electron chi connectivity index (χ0n) is 15.4. The summed E-state index contributed by atoms with van der Waals surface area (Å²) in [7, 11) is 0. The minimum absolute atomic E-state index is 0.0930. The van der Waals surface area contributed by atoms with Crippen molar-refractivity contribution in [2.75, 3.05) is 26.3 Å². The lowest BCUT2D eigenvalue weighted by Gasteiger charge is -2.24. The van der Waals surface area contributed by atoms with Crippen molar-refractivity contribution in [3.63, 3.8) is 0 Å². The first kappa shape index (κ1) is 18.1. The Bertz CT molecular complexity index is 590. The molecule has 0 spiro atoms. The molecule has 2 fully saturated rings. The van der Waals surface area contributed by atoms with Crippen molar-refractivity contribution in [1.82, 2.24) is 10.2 Å². The van der Waals surface area contributed by atoms with Gasteiger partial charge in [-0.2, -0.15) is 0 Å². The van der Waals surface area contributed by atoms with Gasteiger partial charge in [-0.15, -0.1) is 0 Å². The molecule has 1 amide bonds. The van der Waals surface area contributed by atoms with E-state index in [0.717, 1.165) is 38.1 Å².